The number of methoxy groups -OCH3 is 1. The summed E-state index contributed by atoms with van der Waals surface area (Å²) in [6.07, 6.45) is 1.76. The number of benzene rings is 1. The number of ether oxygens (including phenoxy) is 2. The van der Waals surface area contributed by atoms with E-state index < -0.39 is 0 Å². The van der Waals surface area contributed by atoms with E-state index in [-0.39, 0.29) is 0 Å². The molecule has 0 aliphatic rings. The van der Waals surface area contributed by atoms with Gasteiger partial charge in [0.05, 0.1) is 12.8 Å². The van der Waals surface area contributed by atoms with E-state index in [1.165, 1.54) is 11.1 Å². The summed E-state index contributed by atoms with van der Waals surface area (Å²) in [4.78, 5) is 4.22. The van der Waals surface area contributed by atoms with Crippen LogP contribution < -0.4 is 9.47 Å². The molecule has 3 heteroatoms. The molecule has 0 N–H and O–H groups in total. The minimum Gasteiger partial charge on any atom is -0.493 e. The van der Waals surface area contributed by atoms with Crippen LogP contribution in [0.4, 0.5) is 0 Å². The van der Waals surface area contributed by atoms with Gasteiger partial charge in [-0.25, -0.2) is 0 Å². The second kappa shape index (κ2) is 5.54. The number of aromatic nitrogens is 1. The fourth-order valence-corrected chi connectivity index (χ4v) is 1.67. The van der Waals surface area contributed by atoms with Gasteiger partial charge in [0.1, 0.15) is 6.61 Å². The van der Waals surface area contributed by atoms with Crippen LogP contribution in [0, 0.1) is 13.8 Å². The summed E-state index contributed by atoms with van der Waals surface area (Å²) in [7, 11) is 1.65. The van der Waals surface area contributed by atoms with Gasteiger partial charge in [0, 0.05) is 6.20 Å². The van der Waals surface area contributed by atoms with Gasteiger partial charge in [0.15, 0.2) is 11.5 Å². The highest BCUT2D eigenvalue weighted by Crippen LogP contribution is 2.30. The van der Waals surface area contributed by atoms with Crippen LogP contribution in [0.1, 0.15) is 16.8 Å². The van der Waals surface area contributed by atoms with Gasteiger partial charge in [-0.3, -0.25) is 4.98 Å². The van der Waals surface area contributed by atoms with E-state index in [1.807, 2.05) is 30.3 Å². The Bertz CT molecular complexity index is 524. The topological polar surface area (TPSA) is 31.4 Å². The van der Waals surface area contributed by atoms with Gasteiger partial charge in [-0.1, -0.05) is 6.07 Å². The Labute approximate surface area is 107 Å². The van der Waals surface area contributed by atoms with Gasteiger partial charge in [-0.2, -0.15) is 0 Å². The molecule has 94 valence electrons. The molecule has 0 saturated carbocycles. The molecular weight excluding hydrogens is 226 g/mol. The highest BCUT2D eigenvalue weighted by Gasteiger charge is 2.07. The lowest BCUT2D eigenvalue weighted by molar-refractivity contribution is 0.280. The summed E-state index contributed by atoms with van der Waals surface area (Å²) in [6, 6.07) is 9.76. The van der Waals surface area contributed by atoms with Crippen molar-refractivity contribution in [3.05, 3.63) is 53.3 Å². The number of aryl methyl sites for hydroxylation is 2. The zero-order valence-corrected chi connectivity index (χ0v) is 10.9. The van der Waals surface area contributed by atoms with Gasteiger partial charge in [0.2, 0.25) is 0 Å². The standard InChI is InChI=1S/C15H17NO2/c1-11-8-14(17-3)15(9-12(11)2)18-10-13-6-4-5-7-16-13/h4-9H,10H2,1-3H3. The Morgan fingerprint density at radius 1 is 1.06 bits per heavy atom. The average Bonchev–Trinajstić information content (AvgIpc) is 2.41. The van der Waals surface area contributed by atoms with Crippen molar-refractivity contribution >= 4 is 0 Å². The molecular formula is C15H17NO2. The molecule has 18 heavy (non-hydrogen) atoms. The van der Waals surface area contributed by atoms with Crippen molar-refractivity contribution in [2.24, 2.45) is 0 Å². The molecule has 0 aliphatic heterocycles. The molecule has 0 spiro atoms. The maximum absolute atomic E-state index is 5.76. The predicted octanol–water partition coefficient (Wildman–Crippen LogP) is 3.29. The van der Waals surface area contributed by atoms with Crippen LogP contribution in [0.3, 0.4) is 0 Å². The molecule has 0 saturated heterocycles. The molecule has 2 rings (SSSR count). The van der Waals surface area contributed by atoms with E-state index >= 15 is 0 Å². The predicted molar refractivity (Wildman–Crippen MR) is 71.0 cm³/mol. The summed E-state index contributed by atoms with van der Waals surface area (Å²) in [5.74, 6) is 1.51. The lowest BCUT2D eigenvalue weighted by atomic mass is 10.1. The molecule has 0 atom stereocenters. The lowest BCUT2D eigenvalue weighted by Crippen LogP contribution is -2.00. The Balaban J connectivity index is 2.16. The Morgan fingerprint density at radius 3 is 2.39 bits per heavy atom. The van der Waals surface area contributed by atoms with Crippen molar-refractivity contribution < 1.29 is 9.47 Å². The van der Waals surface area contributed by atoms with Gasteiger partial charge in [-0.05, 0) is 49.2 Å². The lowest BCUT2D eigenvalue weighted by Gasteiger charge is -2.12. The van der Waals surface area contributed by atoms with Crippen LogP contribution in [0.25, 0.3) is 0 Å². The first-order chi connectivity index (χ1) is 8.70. The molecule has 0 aliphatic carbocycles. The maximum atomic E-state index is 5.76. The monoisotopic (exact) mass is 243 g/mol. The van der Waals surface area contributed by atoms with Crippen molar-refractivity contribution in [3.63, 3.8) is 0 Å². The fraction of sp³-hybridized carbons (Fsp3) is 0.267. The molecule has 1 heterocycles. The number of hydrogen-bond donors (Lipinski definition) is 0. The quantitative estimate of drug-likeness (QED) is 0.825. The summed E-state index contributed by atoms with van der Waals surface area (Å²) < 4.78 is 11.1. The Morgan fingerprint density at radius 2 is 1.78 bits per heavy atom. The summed E-state index contributed by atoms with van der Waals surface area (Å²) >= 11 is 0. The largest absolute Gasteiger partial charge is 0.493 e. The molecule has 1 aromatic carbocycles. The minimum atomic E-state index is 0.444. The van der Waals surface area contributed by atoms with Gasteiger partial charge in [0.25, 0.3) is 0 Å². The average molecular weight is 243 g/mol. The molecule has 3 nitrogen and oxygen atoms in total. The Kier molecular flexibility index (Phi) is 3.82. The molecule has 0 bridgehead atoms. The normalized spacial score (nSPS) is 10.2. The van der Waals surface area contributed by atoms with Crippen LogP contribution in [0.5, 0.6) is 11.5 Å². The highest BCUT2D eigenvalue weighted by atomic mass is 16.5. The number of nitrogens with zero attached hydrogens (tertiary/aromatic N) is 1. The minimum absolute atomic E-state index is 0.444. The van der Waals surface area contributed by atoms with Crippen molar-refractivity contribution in [3.8, 4) is 11.5 Å². The van der Waals surface area contributed by atoms with Crippen molar-refractivity contribution in [2.45, 2.75) is 20.5 Å². The van der Waals surface area contributed by atoms with Crippen LogP contribution in [0.15, 0.2) is 36.5 Å². The number of rotatable bonds is 4. The van der Waals surface area contributed by atoms with E-state index in [4.69, 9.17) is 9.47 Å². The zero-order valence-electron chi connectivity index (χ0n) is 10.9. The van der Waals surface area contributed by atoms with Crippen LogP contribution in [-0.4, -0.2) is 12.1 Å². The Hall–Kier alpha value is -2.03. The molecule has 0 radical (unpaired) electrons. The molecule has 1 aromatic heterocycles. The van der Waals surface area contributed by atoms with Gasteiger partial charge in [-0.15, -0.1) is 0 Å². The molecule has 0 fully saturated rings. The summed E-state index contributed by atoms with van der Waals surface area (Å²) in [5, 5.41) is 0. The SMILES string of the molecule is COc1cc(C)c(C)cc1OCc1ccccn1. The van der Waals surface area contributed by atoms with E-state index in [2.05, 4.69) is 18.8 Å². The van der Waals surface area contributed by atoms with Crippen molar-refractivity contribution in [2.75, 3.05) is 7.11 Å². The number of pyridine rings is 1. The van der Waals surface area contributed by atoms with E-state index in [1.54, 1.807) is 13.3 Å². The molecule has 0 unspecified atom stereocenters. The fourth-order valence-electron chi connectivity index (χ4n) is 1.67. The molecule has 2 aromatic rings. The third kappa shape index (κ3) is 2.80. The van der Waals surface area contributed by atoms with Gasteiger partial charge < -0.3 is 9.47 Å². The van der Waals surface area contributed by atoms with E-state index in [9.17, 15) is 0 Å². The van der Waals surface area contributed by atoms with Crippen LogP contribution in [0.2, 0.25) is 0 Å². The first-order valence-electron chi connectivity index (χ1n) is 5.88. The first kappa shape index (κ1) is 12.4. The highest BCUT2D eigenvalue weighted by molar-refractivity contribution is 5.46. The second-order valence-corrected chi connectivity index (χ2v) is 4.20. The third-order valence-corrected chi connectivity index (χ3v) is 2.88. The third-order valence-electron chi connectivity index (χ3n) is 2.88. The van der Waals surface area contributed by atoms with Crippen molar-refractivity contribution in [1.82, 2.24) is 4.98 Å². The van der Waals surface area contributed by atoms with Crippen molar-refractivity contribution in [1.29, 1.82) is 0 Å². The van der Waals surface area contributed by atoms with E-state index in [0.717, 1.165) is 17.2 Å². The van der Waals surface area contributed by atoms with Gasteiger partial charge >= 0.3 is 0 Å². The summed E-state index contributed by atoms with van der Waals surface area (Å²) in [5.41, 5.74) is 3.28. The molecule has 0 amide bonds. The zero-order chi connectivity index (χ0) is 13.0. The van der Waals surface area contributed by atoms with E-state index in [0.29, 0.717) is 6.61 Å². The van der Waals surface area contributed by atoms with Crippen LogP contribution in [-0.2, 0) is 6.61 Å². The maximum Gasteiger partial charge on any atom is 0.162 e. The number of hydrogen-bond acceptors (Lipinski definition) is 3. The van der Waals surface area contributed by atoms with Crippen LogP contribution >= 0.6 is 0 Å². The smallest absolute Gasteiger partial charge is 0.162 e. The summed E-state index contributed by atoms with van der Waals surface area (Å²) in [6.45, 7) is 4.56. The second-order valence-electron chi connectivity index (χ2n) is 4.20. The first-order valence-corrected chi connectivity index (χ1v) is 5.88.